The zero-order valence-electron chi connectivity index (χ0n) is 11.1. The quantitative estimate of drug-likeness (QED) is 0.737. The van der Waals surface area contributed by atoms with Crippen LogP contribution in [-0.4, -0.2) is 20.6 Å². The average molecular weight is 356 g/mol. The van der Waals surface area contributed by atoms with E-state index >= 15 is 0 Å². The summed E-state index contributed by atoms with van der Waals surface area (Å²) < 4.78 is 1.54. The molecule has 2 aromatic carbocycles. The monoisotopic (exact) mass is 354 g/mol. The molecule has 0 radical (unpaired) electrons. The number of nitrogens with zero attached hydrogens (tertiary/aromatic N) is 2. The van der Waals surface area contributed by atoms with Gasteiger partial charge in [0.05, 0.1) is 26.6 Å². The molecule has 22 heavy (non-hydrogen) atoms. The highest BCUT2D eigenvalue weighted by Gasteiger charge is 2.19. The van der Waals surface area contributed by atoms with E-state index in [1.54, 1.807) is 36.4 Å². The lowest BCUT2D eigenvalue weighted by molar-refractivity contribution is -0.137. The van der Waals surface area contributed by atoms with Gasteiger partial charge in [0.1, 0.15) is 12.4 Å². The Kier molecular flexibility index (Phi) is 4.00. The van der Waals surface area contributed by atoms with Crippen LogP contribution in [0.1, 0.15) is 0 Å². The molecule has 0 atom stereocenters. The van der Waals surface area contributed by atoms with E-state index in [1.165, 1.54) is 4.57 Å². The van der Waals surface area contributed by atoms with Crippen LogP contribution in [0, 0.1) is 0 Å². The Morgan fingerprint density at radius 2 is 1.82 bits per heavy atom. The number of benzene rings is 2. The first kappa shape index (κ1) is 15.2. The molecule has 0 bridgehead atoms. The standard InChI is InChI=1S/C15H9Cl3N2O2/c16-8-4-5-11-12(6-8)20(7-13(21)22)15(19-11)14-9(17)2-1-3-10(14)18/h1-6H,7H2,(H,21,22). The van der Waals surface area contributed by atoms with E-state index in [0.29, 0.717) is 37.5 Å². The molecule has 3 aromatic rings. The fraction of sp³-hybridized carbons (Fsp3) is 0.0667. The van der Waals surface area contributed by atoms with Crippen molar-refractivity contribution in [2.75, 3.05) is 0 Å². The van der Waals surface area contributed by atoms with Crippen molar-refractivity contribution in [3.63, 3.8) is 0 Å². The maximum Gasteiger partial charge on any atom is 0.323 e. The summed E-state index contributed by atoms with van der Waals surface area (Å²) >= 11 is 18.4. The Balaban J connectivity index is 2.35. The molecule has 0 aliphatic carbocycles. The number of rotatable bonds is 3. The Bertz CT molecular complexity index is 870. The van der Waals surface area contributed by atoms with Gasteiger partial charge in [-0.25, -0.2) is 4.98 Å². The van der Waals surface area contributed by atoms with E-state index in [2.05, 4.69) is 4.98 Å². The first-order chi connectivity index (χ1) is 10.5. The van der Waals surface area contributed by atoms with Crippen LogP contribution in [0.4, 0.5) is 0 Å². The Labute approximate surface area is 140 Å². The van der Waals surface area contributed by atoms with Crippen molar-refractivity contribution in [1.82, 2.24) is 9.55 Å². The summed E-state index contributed by atoms with van der Waals surface area (Å²) in [6, 6.07) is 10.2. The molecule has 1 aromatic heterocycles. The van der Waals surface area contributed by atoms with Gasteiger partial charge in [0.15, 0.2) is 0 Å². The maximum absolute atomic E-state index is 11.2. The number of aromatic nitrogens is 2. The molecule has 0 aliphatic rings. The highest BCUT2D eigenvalue weighted by molar-refractivity contribution is 6.39. The number of carbonyl (C=O) groups is 1. The first-order valence-electron chi connectivity index (χ1n) is 6.29. The van der Waals surface area contributed by atoms with Crippen LogP contribution in [0.25, 0.3) is 22.4 Å². The van der Waals surface area contributed by atoms with Gasteiger partial charge in [-0.3, -0.25) is 4.79 Å². The minimum Gasteiger partial charge on any atom is -0.480 e. The molecule has 0 fully saturated rings. The van der Waals surface area contributed by atoms with Gasteiger partial charge in [-0.15, -0.1) is 0 Å². The highest BCUT2D eigenvalue weighted by atomic mass is 35.5. The summed E-state index contributed by atoms with van der Waals surface area (Å²) in [7, 11) is 0. The van der Waals surface area contributed by atoms with Crippen molar-refractivity contribution in [2.24, 2.45) is 0 Å². The zero-order chi connectivity index (χ0) is 15.9. The number of hydrogen-bond acceptors (Lipinski definition) is 2. The second-order valence-corrected chi connectivity index (χ2v) is 5.90. The molecule has 0 spiro atoms. The number of imidazole rings is 1. The third-order valence-electron chi connectivity index (χ3n) is 3.19. The van der Waals surface area contributed by atoms with E-state index in [1.807, 2.05) is 0 Å². The Morgan fingerprint density at radius 1 is 1.14 bits per heavy atom. The second kappa shape index (κ2) is 5.80. The van der Waals surface area contributed by atoms with Crippen LogP contribution < -0.4 is 0 Å². The lowest BCUT2D eigenvalue weighted by atomic mass is 10.2. The van der Waals surface area contributed by atoms with Crippen molar-refractivity contribution >= 4 is 51.8 Å². The van der Waals surface area contributed by atoms with Crippen LogP contribution in [-0.2, 0) is 11.3 Å². The maximum atomic E-state index is 11.2. The van der Waals surface area contributed by atoms with Gasteiger partial charge in [0.2, 0.25) is 0 Å². The normalized spacial score (nSPS) is 11.0. The fourth-order valence-corrected chi connectivity index (χ4v) is 3.03. The van der Waals surface area contributed by atoms with Gasteiger partial charge in [-0.2, -0.15) is 0 Å². The highest BCUT2D eigenvalue weighted by Crippen LogP contribution is 2.36. The summed E-state index contributed by atoms with van der Waals surface area (Å²) in [6.45, 7) is -0.270. The van der Waals surface area contributed by atoms with Crippen LogP contribution in [0.2, 0.25) is 15.1 Å². The van der Waals surface area contributed by atoms with E-state index in [-0.39, 0.29) is 6.54 Å². The van der Waals surface area contributed by atoms with Crippen LogP contribution in [0.15, 0.2) is 36.4 Å². The second-order valence-electron chi connectivity index (χ2n) is 4.64. The summed E-state index contributed by atoms with van der Waals surface area (Å²) in [5.41, 5.74) is 1.73. The summed E-state index contributed by atoms with van der Waals surface area (Å²) in [5.74, 6) is -0.598. The predicted molar refractivity (Wildman–Crippen MR) is 87.8 cm³/mol. The molecule has 0 aliphatic heterocycles. The molecule has 0 saturated heterocycles. The van der Waals surface area contributed by atoms with Gasteiger partial charge in [0.25, 0.3) is 0 Å². The predicted octanol–water partition coefficient (Wildman–Crippen LogP) is 4.75. The molecule has 4 nitrogen and oxygen atoms in total. The van der Waals surface area contributed by atoms with E-state index in [4.69, 9.17) is 34.8 Å². The minimum absolute atomic E-state index is 0.270. The van der Waals surface area contributed by atoms with Gasteiger partial charge < -0.3 is 9.67 Å². The fourth-order valence-electron chi connectivity index (χ4n) is 2.29. The smallest absolute Gasteiger partial charge is 0.323 e. The molecule has 0 unspecified atom stereocenters. The summed E-state index contributed by atoms with van der Waals surface area (Å²) in [4.78, 5) is 15.7. The lowest BCUT2D eigenvalue weighted by Gasteiger charge is -2.09. The van der Waals surface area contributed by atoms with E-state index < -0.39 is 5.97 Å². The van der Waals surface area contributed by atoms with Crippen LogP contribution in [0.5, 0.6) is 0 Å². The lowest BCUT2D eigenvalue weighted by Crippen LogP contribution is -2.10. The van der Waals surface area contributed by atoms with Gasteiger partial charge in [-0.1, -0.05) is 40.9 Å². The third-order valence-corrected chi connectivity index (χ3v) is 4.06. The zero-order valence-corrected chi connectivity index (χ0v) is 13.3. The number of carboxylic acids is 1. The number of hydrogen-bond donors (Lipinski definition) is 1. The molecule has 0 saturated carbocycles. The van der Waals surface area contributed by atoms with Crippen molar-refractivity contribution in [3.8, 4) is 11.4 Å². The molecule has 7 heteroatoms. The minimum atomic E-state index is -0.997. The average Bonchev–Trinajstić information content (AvgIpc) is 2.76. The largest absolute Gasteiger partial charge is 0.480 e. The van der Waals surface area contributed by atoms with Crippen LogP contribution >= 0.6 is 34.8 Å². The van der Waals surface area contributed by atoms with Crippen molar-refractivity contribution in [3.05, 3.63) is 51.5 Å². The van der Waals surface area contributed by atoms with Crippen molar-refractivity contribution in [1.29, 1.82) is 0 Å². The molecular formula is C15H9Cl3N2O2. The summed E-state index contributed by atoms with van der Waals surface area (Å²) in [6.07, 6.45) is 0. The third kappa shape index (κ3) is 2.65. The Morgan fingerprint density at radius 3 is 2.45 bits per heavy atom. The van der Waals surface area contributed by atoms with E-state index in [9.17, 15) is 9.90 Å². The molecule has 1 N–H and O–H groups in total. The molecule has 0 amide bonds. The van der Waals surface area contributed by atoms with Crippen LogP contribution in [0.3, 0.4) is 0 Å². The molecule has 112 valence electrons. The SMILES string of the molecule is O=C(O)Cn1c(-c2c(Cl)cccc2Cl)nc2ccc(Cl)cc21. The Hall–Kier alpha value is -1.75. The summed E-state index contributed by atoms with van der Waals surface area (Å²) in [5, 5.41) is 10.5. The molecular weight excluding hydrogens is 347 g/mol. The first-order valence-corrected chi connectivity index (χ1v) is 7.42. The number of fused-ring (bicyclic) bond motifs is 1. The number of halogens is 3. The van der Waals surface area contributed by atoms with Crippen molar-refractivity contribution in [2.45, 2.75) is 6.54 Å². The number of aliphatic carboxylic acids is 1. The van der Waals surface area contributed by atoms with Gasteiger partial charge >= 0.3 is 5.97 Å². The number of carboxylic acid groups (broad SMARTS) is 1. The van der Waals surface area contributed by atoms with E-state index in [0.717, 1.165) is 0 Å². The van der Waals surface area contributed by atoms with Gasteiger partial charge in [0, 0.05) is 5.02 Å². The van der Waals surface area contributed by atoms with Gasteiger partial charge in [-0.05, 0) is 30.3 Å². The molecule has 3 rings (SSSR count). The topological polar surface area (TPSA) is 55.1 Å². The molecule has 1 heterocycles. The van der Waals surface area contributed by atoms with Crippen molar-refractivity contribution < 1.29 is 9.90 Å².